The Bertz CT molecular complexity index is 1480. The van der Waals surface area contributed by atoms with Gasteiger partial charge in [-0.1, -0.05) is 60.1 Å². The van der Waals surface area contributed by atoms with E-state index in [1.165, 1.54) is 19.1 Å². The van der Waals surface area contributed by atoms with Crippen LogP contribution in [0.4, 0.5) is 0 Å². The molecule has 210 valence electrons. The van der Waals surface area contributed by atoms with Gasteiger partial charge in [-0.2, -0.15) is 0 Å². The number of imide groups is 1. The average molecular weight is 631 g/mol. The first-order valence-corrected chi connectivity index (χ1v) is 14.7. The zero-order valence-corrected chi connectivity index (χ0v) is 24.7. The molecule has 2 amide bonds. The fourth-order valence-electron chi connectivity index (χ4n) is 6.56. The lowest BCUT2D eigenvalue weighted by Crippen LogP contribution is -2.57. The van der Waals surface area contributed by atoms with Crippen molar-refractivity contribution in [2.75, 3.05) is 5.88 Å². The third-order valence-electron chi connectivity index (χ3n) is 8.40. The minimum absolute atomic E-state index is 0.0365. The van der Waals surface area contributed by atoms with Gasteiger partial charge in [-0.3, -0.25) is 19.3 Å². The Kier molecular flexibility index (Phi) is 6.97. The molecule has 0 N–H and O–H groups in total. The number of alkyl halides is 3. The van der Waals surface area contributed by atoms with Crippen LogP contribution in [0, 0.1) is 11.8 Å². The molecule has 0 saturated carbocycles. The summed E-state index contributed by atoms with van der Waals surface area (Å²) in [6, 6.07) is 19.3. The molecule has 1 fully saturated rings. The summed E-state index contributed by atoms with van der Waals surface area (Å²) < 4.78 is 5.59. The topological polar surface area (TPSA) is 80.8 Å². The number of benzene rings is 3. The van der Waals surface area contributed by atoms with Crippen LogP contribution in [-0.2, 0) is 28.9 Å². The van der Waals surface area contributed by atoms with Gasteiger partial charge >= 0.3 is 5.97 Å². The van der Waals surface area contributed by atoms with Crippen LogP contribution in [0.15, 0.2) is 72.8 Å². The molecule has 1 saturated heterocycles. The van der Waals surface area contributed by atoms with Crippen LogP contribution in [0.1, 0.15) is 46.0 Å². The number of likely N-dealkylation sites (tertiary alicyclic amines) is 1. The van der Waals surface area contributed by atoms with Crippen LogP contribution in [0.25, 0.3) is 0 Å². The summed E-state index contributed by atoms with van der Waals surface area (Å²) in [6.45, 7) is 1.39. The number of nitrogens with zero attached hydrogens (tertiary/aromatic N) is 1. The lowest BCUT2D eigenvalue weighted by atomic mass is 9.54. The Morgan fingerprint density at radius 1 is 0.829 bits per heavy atom. The highest BCUT2D eigenvalue weighted by molar-refractivity contribution is 6.36. The van der Waals surface area contributed by atoms with E-state index in [1.807, 2.05) is 48.5 Å². The molecule has 6 nitrogen and oxygen atoms in total. The van der Waals surface area contributed by atoms with Crippen LogP contribution >= 0.6 is 46.4 Å². The van der Waals surface area contributed by atoms with Crippen LogP contribution < -0.4 is 0 Å². The number of rotatable bonds is 7. The molecular formula is C31H23Cl4NO5. The predicted molar refractivity (Wildman–Crippen MR) is 155 cm³/mol. The molecule has 1 aliphatic heterocycles. The lowest BCUT2D eigenvalue weighted by molar-refractivity contribution is -0.160. The molecule has 0 spiro atoms. The molecular weight excluding hydrogens is 608 g/mol. The van der Waals surface area contributed by atoms with Gasteiger partial charge in [0.2, 0.25) is 17.6 Å². The van der Waals surface area contributed by atoms with Crippen LogP contribution in [0.3, 0.4) is 0 Å². The van der Waals surface area contributed by atoms with Crippen molar-refractivity contribution < 1.29 is 23.9 Å². The Morgan fingerprint density at radius 2 is 1.27 bits per heavy atom. The molecule has 4 aliphatic rings. The number of hydrogen-bond donors (Lipinski definition) is 0. The molecule has 2 bridgehead atoms. The Hall–Kier alpha value is -2.90. The molecule has 0 radical (unpaired) electrons. The first kappa shape index (κ1) is 28.2. The van der Waals surface area contributed by atoms with Gasteiger partial charge in [0.25, 0.3) is 0 Å². The van der Waals surface area contributed by atoms with Crippen LogP contribution in [0.2, 0.25) is 5.02 Å². The molecule has 3 aromatic carbocycles. The summed E-state index contributed by atoms with van der Waals surface area (Å²) in [5.41, 5.74) is 2.91. The largest absolute Gasteiger partial charge is 0.452 e. The highest BCUT2D eigenvalue weighted by Gasteiger charge is 2.73. The number of carbonyl (C=O) groups is 4. The number of ether oxygens (including phenoxy) is 1. The summed E-state index contributed by atoms with van der Waals surface area (Å²) in [7, 11) is 0. The molecule has 3 aromatic rings. The summed E-state index contributed by atoms with van der Waals surface area (Å²) in [6.07, 6.45) is -1.18. The fraction of sp³-hybridized carbons (Fsp3) is 0.290. The van der Waals surface area contributed by atoms with E-state index in [-0.39, 0.29) is 17.9 Å². The summed E-state index contributed by atoms with van der Waals surface area (Å²) in [5.74, 6) is -4.70. The van der Waals surface area contributed by atoms with Crippen LogP contribution in [0.5, 0.6) is 0 Å². The van der Waals surface area contributed by atoms with Gasteiger partial charge in [-0.05, 0) is 53.4 Å². The molecule has 7 rings (SSSR count). The van der Waals surface area contributed by atoms with Gasteiger partial charge in [-0.25, -0.2) is 4.79 Å². The van der Waals surface area contributed by atoms with Gasteiger partial charge in [-0.15, -0.1) is 34.8 Å². The Labute approximate surface area is 256 Å². The summed E-state index contributed by atoms with van der Waals surface area (Å²) in [4.78, 5) is 52.9. The maximum atomic E-state index is 14.1. The van der Waals surface area contributed by atoms with Crippen molar-refractivity contribution in [1.29, 1.82) is 0 Å². The second kappa shape index (κ2) is 10.1. The number of amides is 2. The number of carbonyl (C=O) groups excluding carboxylic acids is 4. The van der Waals surface area contributed by atoms with E-state index >= 15 is 0 Å². The van der Waals surface area contributed by atoms with Gasteiger partial charge in [0, 0.05) is 22.9 Å². The third kappa shape index (κ3) is 3.91. The van der Waals surface area contributed by atoms with E-state index in [0.717, 1.165) is 4.90 Å². The van der Waals surface area contributed by atoms with E-state index < -0.39 is 57.3 Å². The SMILES string of the molecule is C[C@H](C(=O)O[C@H](CCCl)C(=O)c1ccc(Cl)cc1)N1C(=O)[C@H]2[C@H](C1=O)C1(Cl)c3ccccc3C2(Cl)c2ccccc21. The number of halogens is 4. The van der Waals surface area contributed by atoms with Crippen molar-refractivity contribution in [1.82, 2.24) is 4.90 Å². The Morgan fingerprint density at radius 3 is 1.68 bits per heavy atom. The smallest absolute Gasteiger partial charge is 0.329 e. The minimum atomic E-state index is -1.37. The summed E-state index contributed by atoms with van der Waals surface area (Å²) in [5, 5.41) is 0.445. The second-order valence-electron chi connectivity index (χ2n) is 10.5. The van der Waals surface area contributed by atoms with Gasteiger partial charge in [0.15, 0.2) is 6.10 Å². The van der Waals surface area contributed by atoms with Crippen LogP contribution in [-0.4, -0.2) is 46.5 Å². The number of ketones is 1. The third-order valence-corrected chi connectivity index (χ3v) is 10.2. The van der Waals surface area contributed by atoms with Crippen molar-refractivity contribution in [2.45, 2.75) is 35.2 Å². The van der Waals surface area contributed by atoms with E-state index in [0.29, 0.717) is 27.3 Å². The number of Topliss-reactive ketones (excluding diaryl/α,β-unsaturated/α-hetero) is 1. The zero-order chi connectivity index (χ0) is 29.3. The van der Waals surface area contributed by atoms with Crippen molar-refractivity contribution in [3.8, 4) is 0 Å². The van der Waals surface area contributed by atoms with Gasteiger partial charge in [0.05, 0.1) is 11.8 Å². The van der Waals surface area contributed by atoms with E-state index in [2.05, 4.69) is 0 Å². The molecule has 0 unspecified atom stereocenters. The van der Waals surface area contributed by atoms with E-state index in [9.17, 15) is 19.2 Å². The van der Waals surface area contributed by atoms with Crippen molar-refractivity contribution in [2.24, 2.45) is 11.8 Å². The lowest BCUT2D eigenvalue weighted by Gasteiger charge is -2.54. The zero-order valence-electron chi connectivity index (χ0n) is 21.7. The molecule has 10 heteroatoms. The normalized spacial score (nSPS) is 27.1. The molecule has 1 heterocycles. The van der Waals surface area contributed by atoms with Crippen molar-refractivity contribution >= 4 is 70.0 Å². The first-order chi connectivity index (χ1) is 19.6. The molecule has 3 aliphatic carbocycles. The standard InChI is InChI=1S/C31H23Cl4NO5/c1-16(29(40)41-23(14-15-32)26(37)17-10-12-18(33)13-11-17)36-27(38)24-25(28(36)39)31(35)20-7-3-2-6-19(20)30(24,34)21-8-4-5-9-22(21)31/h2-13,16,23-25H,14-15H2,1H3/t16-,23-,24-,25-,30?,31?/m1/s1. The van der Waals surface area contributed by atoms with E-state index in [4.69, 9.17) is 51.1 Å². The number of esters is 1. The molecule has 4 atom stereocenters. The van der Waals surface area contributed by atoms with Crippen molar-refractivity contribution in [3.63, 3.8) is 0 Å². The number of hydrogen-bond acceptors (Lipinski definition) is 5. The average Bonchev–Trinajstić information content (AvgIpc) is 3.26. The highest BCUT2D eigenvalue weighted by Crippen LogP contribution is 2.69. The predicted octanol–water partition coefficient (Wildman–Crippen LogP) is 6.05. The van der Waals surface area contributed by atoms with E-state index in [1.54, 1.807) is 12.1 Å². The van der Waals surface area contributed by atoms with Gasteiger partial charge in [0.1, 0.15) is 15.8 Å². The van der Waals surface area contributed by atoms with Crippen molar-refractivity contribution in [3.05, 3.63) is 106 Å². The molecule has 41 heavy (non-hydrogen) atoms. The Balaban J connectivity index is 1.35. The maximum absolute atomic E-state index is 14.1. The monoisotopic (exact) mass is 629 g/mol. The van der Waals surface area contributed by atoms with Gasteiger partial charge < -0.3 is 4.74 Å². The highest BCUT2D eigenvalue weighted by atomic mass is 35.5. The second-order valence-corrected chi connectivity index (χ2v) is 12.5. The minimum Gasteiger partial charge on any atom is -0.452 e. The quantitative estimate of drug-likeness (QED) is 0.138. The fourth-order valence-corrected chi connectivity index (χ4v) is 7.98. The first-order valence-electron chi connectivity index (χ1n) is 13.1. The summed E-state index contributed by atoms with van der Waals surface area (Å²) >= 11 is 26.7. The maximum Gasteiger partial charge on any atom is 0.329 e. The molecule has 0 aromatic heterocycles.